The number of hydrogen-bond acceptors (Lipinski definition) is 4. The zero-order chi connectivity index (χ0) is 17.6. The van der Waals surface area contributed by atoms with Crippen LogP contribution in [0.5, 0.6) is 5.75 Å². The molecular formula is C19H21N3O3. The number of carbonyl (C=O) groups is 1. The van der Waals surface area contributed by atoms with Crippen molar-refractivity contribution in [1.29, 1.82) is 0 Å². The van der Waals surface area contributed by atoms with Gasteiger partial charge in [-0.25, -0.2) is 5.48 Å². The van der Waals surface area contributed by atoms with Gasteiger partial charge in [-0.2, -0.15) is 0 Å². The van der Waals surface area contributed by atoms with Crippen LogP contribution in [0.2, 0.25) is 0 Å². The molecule has 0 atom stereocenters. The molecule has 3 N–H and O–H groups in total. The summed E-state index contributed by atoms with van der Waals surface area (Å²) in [5.74, 6) is 0.316. The van der Waals surface area contributed by atoms with E-state index in [1.54, 1.807) is 17.6 Å². The van der Waals surface area contributed by atoms with Crippen LogP contribution in [0.25, 0.3) is 10.9 Å². The van der Waals surface area contributed by atoms with E-state index < -0.39 is 5.91 Å². The molecule has 25 heavy (non-hydrogen) atoms. The molecule has 130 valence electrons. The van der Waals surface area contributed by atoms with Gasteiger partial charge < -0.3 is 14.6 Å². The molecule has 1 heterocycles. The van der Waals surface area contributed by atoms with Crippen molar-refractivity contribution >= 4 is 16.8 Å². The molecule has 0 saturated carbocycles. The Bertz CT molecular complexity index is 873. The highest BCUT2D eigenvalue weighted by Gasteiger charge is 2.08. The van der Waals surface area contributed by atoms with E-state index in [9.17, 15) is 4.79 Å². The van der Waals surface area contributed by atoms with Crippen LogP contribution in [0.15, 0.2) is 54.7 Å². The van der Waals surface area contributed by atoms with Gasteiger partial charge >= 0.3 is 0 Å². The normalized spacial score (nSPS) is 10.8. The summed E-state index contributed by atoms with van der Waals surface area (Å²) in [4.78, 5) is 11.6. The summed E-state index contributed by atoms with van der Waals surface area (Å²) in [5.41, 5.74) is 4.17. The molecule has 0 fully saturated rings. The van der Waals surface area contributed by atoms with E-state index in [-0.39, 0.29) is 0 Å². The molecule has 0 aliphatic carbocycles. The first-order valence-corrected chi connectivity index (χ1v) is 8.11. The molecule has 3 aromatic rings. The fourth-order valence-electron chi connectivity index (χ4n) is 2.80. The molecule has 0 saturated heterocycles. The highest BCUT2D eigenvalue weighted by atomic mass is 16.5. The highest BCUT2D eigenvalue weighted by Crippen LogP contribution is 2.18. The Hall–Kier alpha value is -2.83. The van der Waals surface area contributed by atoms with Crippen LogP contribution >= 0.6 is 0 Å². The number of carbonyl (C=O) groups excluding carboxylic acids is 1. The Morgan fingerprint density at radius 2 is 2.08 bits per heavy atom. The number of amides is 1. The molecule has 0 aliphatic heterocycles. The molecule has 6 nitrogen and oxygen atoms in total. The van der Waals surface area contributed by atoms with E-state index in [1.807, 2.05) is 48.1 Å². The fraction of sp³-hybridized carbons (Fsp3) is 0.211. The van der Waals surface area contributed by atoms with Gasteiger partial charge in [0.05, 0.1) is 6.54 Å². The van der Waals surface area contributed by atoms with Crippen LogP contribution in [0.1, 0.15) is 15.9 Å². The number of hydroxylamine groups is 1. The molecule has 0 bridgehead atoms. The third-order valence-electron chi connectivity index (χ3n) is 4.02. The van der Waals surface area contributed by atoms with Crippen molar-refractivity contribution in [3.05, 3.63) is 65.9 Å². The van der Waals surface area contributed by atoms with Crippen LogP contribution in [0.3, 0.4) is 0 Å². The van der Waals surface area contributed by atoms with Gasteiger partial charge in [-0.15, -0.1) is 0 Å². The number of rotatable bonds is 7. The SMILES string of the molecule is CNCc1cccc(OCCn2ccc3ccc(C(=O)NO)cc32)c1. The second-order valence-electron chi connectivity index (χ2n) is 5.75. The Kier molecular flexibility index (Phi) is 5.33. The lowest BCUT2D eigenvalue weighted by molar-refractivity contribution is 0.0706. The van der Waals surface area contributed by atoms with Crippen LogP contribution in [-0.4, -0.2) is 29.3 Å². The molecule has 1 aromatic heterocycles. The van der Waals surface area contributed by atoms with Gasteiger partial charge in [-0.3, -0.25) is 10.0 Å². The first-order chi connectivity index (χ1) is 12.2. The topological polar surface area (TPSA) is 75.5 Å². The summed E-state index contributed by atoms with van der Waals surface area (Å²) >= 11 is 0. The predicted molar refractivity (Wildman–Crippen MR) is 95.9 cm³/mol. The Morgan fingerprint density at radius 1 is 1.20 bits per heavy atom. The standard InChI is InChI=1S/C19H21N3O3/c1-20-13-14-3-2-4-17(11-14)25-10-9-22-8-7-15-5-6-16(12-18(15)22)19(23)21-24/h2-8,11-12,20,24H,9-10,13H2,1H3,(H,21,23). The van der Waals surface area contributed by atoms with Crippen LogP contribution < -0.4 is 15.5 Å². The maximum absolute atomic E-state index is 11.6. The van der Waals surface area contributed by atoms with E-state index in [4.69, 9.17) is 9.94 Å². The van der Waals surface area contributed by atoms with Crippen LogP contribution in [0.4, 0.5) is 0 Å². The van der Waals surface area contributed by atoms with Gasteiger partial charge in [-0.1, -0.05) is 18.2 Å². The monoisotopic (exact) mass is 339 g/mol. The average Bonchev–Trinajstić information content (AvgIpc) is 3.04. The summed E-state index contributed by atoms with van der Waals surface area (Å²) < 4.78 is 7.87. The second kappa shape index (κ2) is 7.83. The number of nitrogens with zero attached hydrogens (tertiary/aromatic N) is 1. The summed E-state index contributed by atoms with van der Waals surface area (Å²) in [6.45, 7) is 1.97. The van der Waals surface area contributed by atoms with Gasteiger partial charge in [0, 0.05) is 23.8 Å². The Labute approximate surface area is 146 Å². The van der Waals surface area contributed by atoms with Crippen LogP contribution in [-0.2, 0) is 13.1 Å². The quantitative estimate of drug-likeness (QED) is 0.457. The van der Waals surface area contributed by atoms with E-state index in [2.05, 4.69) is 11.4 Å². The average molecular weight is 339 g/mol. The lowest BCUT2D eigenvalue weighted by Gasteiger charge is -2.10. The molecule has 0 unspecified atom stereocenters. The van der Waals surface area contributed by atoms with Gasteiger partial charge in [0.2, 0.25) is 0 Å². The van der Waals surface area contributed by atoms with E-state index in [0.29, 0.717) is 18.7 Å². The largest absolute Gasteiger partial charge is 0.492 e. The molecule has 1 amide bonds. The van der Waals surface area contributed by atoms with Gasteiger partial charge in [0.15, 0.2) is 0 Å². The minimum Gasteiger partial charge on any atom is -0.492 e. The first kappa shape index (κ1) is 17.0. The number of aromatic nitrogens is 1. The van der Waals surface area contributed by atoms with Crippen molar-refractivity contribution in [2.24, 2.45) is 0 Å². The summed E-state index contributed by atoms with van der Waals surface area (Å²) in [5, 5.41) is 12.9. The molecule has 0 spiro atoms. The van der Waals surface area contributed by atoms with Gasteiger partial charge in [0.1, 0.15) is 12.4 Å². The van der Waals surface area contributed by atoms with Crippen molar-refractivity contribution in [3.8, 4) is 5.75 Å². The number of ether oxygens (including phenoxy) is 1. The van der Waals surface area contributed by atoms with Crippen molar-refractivity contribution in [2.75, 3.05) is 13.7 Å². The predicted octanol–water partition coefficient (Wildman–Crippen LogP) is 2.56. The molecule has 0 radical (unpaired) electrons. The first-order valence-electron chi connectivity index (χ1n) is 8.11. The smallest absolute Gasteiger partial charge is 0.274 e. The number of benzene rings is 2. The summed E-state index contributed by atoms with van der Waals surface area (Å²) in [6, 6.07) is 15.3. The minimum atomic E-state index is -0.521. The van der Waals surface area contributed by atoms with Crippen molar-refractivity contribution in [1.82, 2.24) is 15.4 Å². The zero-order valence-corrected chi connectivity index (χ0v) is 14.0. The van der Waals surface area contributed by atoms with E-state index in [1.165, 1.54) is 5.56 Å². The molecule has 6 heteroatoms. The fourth-order valence-corrected chi connectivity index (χ4v) is 2.80. The maximum atomic E-state index is 11.6. The second-order valence-corrected chi connectivity index (χ2v) is 5.75. The van der Waals surface area contributed by atoms with Gasteiger partial charge in [-0.05, 0) is 48.3 Å². The van der Waals surface area contributed by atoms with Crippen molar-refractivity contribution in [2.45, 2.75) is 13.1 Å². The van der Waals surface area contributed by atoms with Crippen molar-refractivity contribution in [3.63, 3.8) is 0 Å². The number of hydrogen-bond donors (Lipinski definition) is 3. The number of nitrogens with one attached hydrogen (secondary N) is 2. The molecule has 2 aromatic carbocycles. The van der Waals surface area contributed by atoms with Crippen molar-refractivity contribution < 1.29 is 14.7 Å². The van der Waals surface area contributed by atoms with Crippen LogP contribution in [0, 0.1) is 0 Å². The molecule has 3 rings (SSSR count). The lowest BCUT2D eigenvalue weighted by atomic mass is 10.1. The maximum Gasteiger partial charge on any atom is 0.274 e. The Balaban J connectivity index is 1.69. The summed E-state index contributed by atoms with van der Waals surface area (Å²) in [7, 11) is 1.91. The lowest BCUT2D eigenvalue weighted by Crippen LogP contribution is -2.18. The number of fused-ring (bicyclic) bond motifs is 1. The van der Waals surface area contributed by atoms with Gasteiger partial charge in [0.25, 0.3) is 5.91 Å². The molecule has 0 aliphatic rings. The van der Waals surface area contributed by atoms with E-state index in [0.717, 1.165) is 23.2 Å². The zero-order valence-electron chi connectivity index (χ0n) is 14.0. The Morgan fingerprint density at radius 3 is 2.88 bits per heavy atom. The third-order valence-corrected chi connectivity index (χ3v) is 4.02. The molecular weight excluding hydrogens is 318 g/mol. The highest BCUT2D eigenvalue weighted by molar-refractivity contribution is 5.97. The summed E-state index contributed by atoms with van der Waals surface area (Å²) in [6.07, 6.45) is 1.96. The minimum absolute atomic E-state index is 0.413. The van der Waals surface area contributed by atoms with E-state index >= 15 is 0 Å². The third kappa shape index (κ3) is 3.99.